The number of ether oxygens (including phenoxy) is 4. The Morgan fingerprint density at radius 1 is 0.309 bits per heavy atom. The number of esters is 2. The summed E-state index contributed by atoms with van der Waals surface area (Å²) in [6, 6.07) is 0. The number of carboxylic acids is 1. The van der Waals surface area contributed by atoms with Crippen molar-refractivity contribution in [2.75, 3.05) is 47.5 Å². The molecule has 0 aromatic rings. The molecule has 0 rings (SSSR count). The molecule has 0 amide bonds. The lowest BCUT2D eigenvalue weighted by Crippen LogP contribution is -2.44. The van der Waals surface area contributed by atoms with Crippen LogP contribution in [0.1, 0.15) is 258 Å². The molecule has 9 heteroatoms. The summed E-state index contributed by atoms with van der Waals surface area (Å²) in [4.78, 5) is 37.6. The average Bonchev–Trinajstić information content (AvgIpc) is 2.39. The minimum atomic E-state index is -1.64. The lowest BCUT2D eigenvalue weighted by Gasteiger charge is -2.26. The van der Waals surface area contributed by atoms with Gasteiger partial charge in [0.25, 0.3) is 0 Å². The fourth-order valence-electron chi connectivity index (χ4n) is 9.52. The van der Waals surface area contributed by atoms with E-state index in [9.17, 15) is 19.5 Å². The monoisotopic (exact) mass is 1340 g/mol. The molecular weight excluding hydrogens is 1200 g/mol. The van der Waals surface area contributed by atoms with Gasteiger partial charge in [0.05, 0.1) is 40.3 Å². The highest BCUT2D eigenvalue weighted by molar-refractivity contribution is 5.70. The number of likely N-dealkylation sites (N-methyl/N-ethyl adjacent to an activating group) is 1. The number of nitrogens with zero attached hydrogens (tertiary/aromatic N) is 1. The summed E-state index contributed by atoms with van der Waals surface area (Å²) in [6.45, 7) is 4.47. The van der Waals surface area contributed by atoms with Gasteiger partial charge in [-0.1, -0.05) is 310 Å². The molecule has 97 heavy (non-hydrogen) atoms. The fraction of sp³-hybridized carbons (Fsp3) is 0.557. The van der Waals surface area contributed by atoms with Crippen molar-refractivity contribution in [2.24, 2.45) is 0 Å². The molecule has 0 aliphatic rings. The van der Waals surface area contributed by atoms with Crippen molar-refractivity contribution in [1.82, 2.24) is 0 Å². The van der Waals surface area contributed by atoms with Crippen LogP contribution in [0.15, 0.2) is 219 Å². The van der Waals surface area contributed by atoms with Gasteiger partial charge >= 0.3 is 11.9 Å². The summed E-state index contributed by atoms with van der Waals surface area (Å²) in [6.07, 6.45) is 116. The topological polar surface area (TPSA) is 111 Å². The maximum absolute atomic E-state index is 13.0. The van der Waals surface area contributed by atoms with Crippen LogP contribution in [0.5, 0.6) is 0 Å². The van der Waals surface area contributed by atoms with Gasteiger partial charge in [-0.15, -0.1) is 0 Å². The van der Waals surface area contributed by atoms with Crippen molar-refractivity contribution in [3.05, 3.63) is 219 Å². The van der Waals surface area contributed by atoms with Crippen molar-refractivity contribution in [3.63, 3.8) is 0 Å². The van der Waals surface area contributed by atoms with Crippen molar-refractivity contribution in [3.8, 4) is 0 Å². The van der Waals surface area contributed by atoms with Crippen molar-refractivity contribution in [2.45, 2.75) is 270 Å². The molecule has 0 aromatic heterocycles. The molecule has 0 spiro atoms. The number of carbonyl (C=O) groups is 3. The number of allylic oxidation sites excluding steroid dienone is 36. The second-order valence-electron chi connectivity index (χ2n) is 25.5. The third-order valence-corrected chi connectivity index (χ3v) is 15.2. The molecule has 0 aliphatic carbocycles. The summed E-state index contributed by atoms with van der Waals surface area (Å²) in [5, 5.41) is 11.9. The van der Waals surface area contributed by atoms with Crippen molar-refractivity contribution < 1.29 is 42.9 Å². The van der Waals surface area contributed by atoms with E-state index in [1.54, 1.807) is 0 Å². The Morgan fingerprint density at radius 3 is 0.825 bits per heavy atom. The van der Waals surface area contributed by atoms with Gasteiger partial charge in [-0.3, -0.25) is 9.59 Å². The highest BCUT2D eigenvalue weighted by Gasteiger charge is 2.22. The second-order valence-corrected chi connectivity index (χ2v) is 25.5. The SMILES string of the molecule is CC/C=C\C/C=C\C/C=C\C/C=C\C/C=C\C/C=C\C/C=C\C/C=C\C/C=C\CCCCCCCCCCCCCC(=O)OC(COC(=O)CCCCCCC/C=C\C/C=C\C/C=C\C/C=C\C/C=C\C/C=C\C/C=C\C/C=C\C/C=C\CC)COC(OCC[N+](C)(C)C)C(=O)[O-]. The first-order valence-corrected chi connectivity index (χ1v) is 37.9. The van der Waals surface area contributed by atoms with E-state index in [4.69, 9.17) is 18.9 Å². The second kappa shape index (κ2) is 75.4. The first-order valence-electron chi connectivity index (χ1n) is 37.9. The zero-order valence-corrected chi connectivity index (χ0v) is 61.9. The molecule has 0 saturated carbocycles. The molecule has 542 valence electrons. The molecule has 0 fully saturated rings. The van der Waals surface area contributed by atoms with Gasteiger partial charge in [-0.2, -0.15) is 0 Å². The van der Waals surface area contributed by atoms with Crippen LogP contribution in [0.4, 0.5) is 0 Å². The number of aliphatic carboxylic acids is 1. The van der Waals surface area contributed by atoms with Gasteiger partial charge in [-0.05, 0) is 154 Å². The average molecular weight is 1340 g/mol. The van der Waals surface area contributed by atoms with Crippen molar-refractivity contribution in [1.29, 1.82) is 0 Å². The van der Waals surface area contributed by atoms with Crippen LogP contribution in [0, 0.1) is 0 Å². The van der Waals surface area contributed by atoms with E-state index in [0.29, 0.717) is 23.9 Å². The minimum Gasteiger partial charge on any atom is -0.545 e. The van der Waals surface area contributed by atoms with Crippen LogP contribution in [0.25, 0.3) is 0 Å². The third-order valence-electron chi connectivity index (χ3n) is 15.2. The van der Waals surface area contributed by atoms with Crippen molar-refractivity contribution >= 4 is 17.9 Å². The molecule has 0 aliphatic heterocycles. The van der Waals surface area contributed by atoms with E-state index in [1.165, 1.54) is 44.9 Å². The first kappa shape index (κ1) is 90.6. The Balaban J connectivity index is 4.21. The highest BCUT2D eigenvalue weighted by Crippen LogP contribution is 2.15. The molecule has 0 N–H and O–H groups in total. The van der Waals surface area contributed by atoms with Crippen LogP contribution in [-0.4, -0.2) is 82.3 Å². The Labute approximate surface area is 594 Å². The Hall–Kier alpha value is -6.39. The normalized spacial score (nSPS) is 13.9. The Kier molecular flexibility index (Phi) is 70.4. The standard InChI is InChI=1S/C88H137NO8/c1-6-8-10-12-14-16-18-20-22-24-26-28-30-32-34-36-38-40-41-42-43-44-45-47-49-51-53-55-57-59-61-63-65-67-69-71-73-75-77-79-86(91)97-84(83-96-88(87(92)93)94-81-80-89(3,4)5)82-95-85(90)78-76-74-72-70-68-66-64-62-60-58-56-54-52-50-48-46-39-37-35-33-31-29-27-25-23-21-19-17-15-13-11-9-7-2/h8-11,14-17,20-23,26-29,32-35,38-40,42-43,45-47,50-53,56,58,62,64,84,88H,6-7,12-13,18-19,24-25,30-31,36-37,41,44,48-49,54-55,57,59-61,63,65-83H2,1-5H3/b10-8-,11-9-,16-14-,17-15-,22-20-,23-21-,28-26-,29-27-,34-32-,35-33-,40-38-,43-42-,46-39-,47-45-,52-50-,53-51-,58-56-,64-62-. The van der Waals surface area contributed by atoms with E-state index >= 15 is 0 Å². The molecular formula is C88H137NO8. The zero-order chi connectivity index (χ0) is 70.4. The fourth-order valence-corrected chi connectivity index (χ4v) is 9.52. The van der Waals surface area contributed by atoms with E-state index in [2.05, 4.69) is 233 Å². The Bertz CT molecular complexity index is 2400. The van der Waals surface area contributed by atoms with Crippen LogP contribution >= 0.6 is 0 Å². The minimum absolute atomic E-state index is 0.132. The molecule has 9 nitrogen and oxygen atoms in total. The summed E-state index contributed by atoms with van der Waals surface area (Å²) in [7, 11) is 5.91. The van der Waals surface area contributed by atoms with Gasteiger partial charge in [0.15, 0.2) is 12.4 Å². The maximum atomic E-state index is 13.0. The van der Waals surface area contributed by atoms with Crippen LogP contribution in [-0.2, 0) is 33.3 Å². The van der Waals surface area contributed by atoms with Gasteiger partial charge in [0.1, 0.15) is 13.2 Å². The molecule has 0 saturated heterocycles. The number of carboxylic acid groups (broad SMARTS) is 1. The maximum Gasteiger partial charge on any atom is 0.306 e. The van der Waals surface area contributed by atoms with Crippen LogP contribution in [0.2, 0.25) is 0 Å². The predicted octanol–water partition coefficient (Wildman–Crippen LogP) is 23.1. The number of unbranched alkanes of at least 4 members (excludes halogenated alkanes) is 16. The quantitative estimate of drug-likeness (QED) is 0.0195. The first-order chi connectivity index (χ1) is 47.6. The summed E-state index contributed by atoms with van der Waals surface area (Å²) < 4.78 is 22.8. The zero-order valence-electron chi connectivity index (χ0n) is 61.9. The van der Waals surface area contributed by atoms with E-state index < -0.39 is 24.3 Å². The van der Waals surface area contributed by atoms with Gasteiger partial charge < -0.3 is 33.3 Å². The van der Waals surface area contributed by atoms with E-state index in [1.807, 2.05) is 21.1 Å². The molecule has 0 aromatic carbocycles. The number of rotatable bonds is 67. The molecule has 0 heterocycles. The van der Waals surface area contributed by atoms with E-state index in [0.717, 1.165) is 173 Å². The molecule has 2 unspecified atom stereocenters. The highest BCUT2D eigenvalue weighted by atomic mass is 16.7. The number of carbonyl (C=O) groups excluding carboxylic acids is 3. The largest absolute Gasteiger partial charge is 0.545 e. The molecule has 2 atom stereocenters. The summed E-state index contributed by atoms with van der Waals surface area (Å²) in [5.74, 6) is -2.33. The smallest absolute Gasteiger partial charge is 0.306 e. The number of hydrogen-bond acceptors (Lipinski definition) is 8. The number of quaternary nitrogens is 1. The third kappa shape index (κ3) is 76.8. The Morgan fingerprint density at radius 2 is 0.557 bits per heavy atom. The van der Waals surface area contributed by atoms with Gasteiger partial charge in [0, 0.05) is 12.8 Å². The molecule has 0 radical (unpaired) electrons. The lowest BCUT2D eigenvalue weighted by atomic mass is 10.0. The number of hydrogen-bond donors (Lipinski definition) is 0. The summed E-state index contributed by atoms with van der Waals surface area (Å²) in [5.41, 5.74) is 0. The van der Waals surface area contributed by atoms with Gasteiger partial charge in [-0.25, -0.2) is 0 Å². The van der Waals surface area contributed by atoms with Gasteiger partial charge in [0.2, 0.25) is 0 Å². The van der Waals surface area contributed by atoms with E-state index in [-0.39, 0.29) is 38.6 Å². The predicted molar refractivity (Wildman–Crippen MR) is 416 cm³/mol. The lowest BCUT2D eigenvalue weighted by molar-refractivity contribution is -0.870. The van der Waals surface area contributed by atoms with Crippen LogP contribution in [0.3, 0.4) is 0 Å². The summed E-state index contributed by atoms with van der Waals surface area (Å²) >= 11 is 0. The van der Waals surface area contributed by atoms with Crippen LogP contribution < -0.4 is 5.11 Å². The molecule has 0 bridgehead atoms.